The third-order valence-electron chi connectivity index (χ3n) is 7.39. The molecule has 1 aliphatic rings. The number of methoxy groups -OCH3 is 2. The quantitative estimate of drug-likeness (QED) is 0.315. The molecular formula is C31H31FN4O5. The van der Waals surface area contributed by atoms with Crippen molar-refractivity contribution >= 4 is 28.4 Å². The standard InChI is InChI=1S/C31H31FN4O5/c1-4-35-14-12-19-7-5-6-8-21(19)25(35)18-36(31(38)30(33)37)20-9-10-27(23(32)15-20)41-26-11-13-34-24-17-29(40-3)28(39-2)16-22(24)26/h5-11,13,15-17,25H,4,12,14,18H2,1-3H3,(H2,33,37). The van der Waals surface area contributed by atoms with Gasteiger partial charge in [0.1, 0.15) is 5.75 Å². The average molecular weight is 559 g/mol. The zero-order valence-electron chi connectivity index (χ0n) is 23.1. The molecule has 212 valence electrons. The predicted octanol–water partition coefficient (Wildman–Crippen LogP) is 4.62. The van der Waals surface area contributed by atoms with E-state index in [0.29, 0.717) is 28.2 Å². The smallest absolute Gasteiger partial charge is 0.316 e. The van der Waals surface area contributed by atoms with Gasteiger partial charge >= 0.3 is 11.8 Å². The number of rotatable bonds is 8. The number of benzene rings is 3. The first kappa shape index (κ1) is 27.9. The van der Waals surface area contributed by atoms with E-state index >= 15 is 4.39 Å². The summed E-state index contributed by atoms with van der Waals surface area (Å²) in [5.41, 5.74) is 8.44. The molecule has 3 aromatic carbocycles. The summed E-state index contributed by atoms with van der Waals surface area (Å²) in [4.78, 5) is 32.9. The molecule has 0 aliphatic carbocycles. The van der Waals surface area contributed by atoms with Crippen LogP contribution in [0.4, 0.5) is 10.1 Å². The molecule has 0 radical (unpaired) electrons. The monoisotopic (exact) mass is 558 g/mol. The molecule has 10 heteroatoms. The summed E-state index contributed by atoms with van der Waals surface area (Å²) in [6.07, 6.45) is 2.43. The van der Waals surface area contributed by atoms with Crippen molar-refractivity contribution in [3.63, 3.8) is 0 Å². The lowest BCUT2D eigenvalue weighted by molar-refractivity contribution is -0.135. The highest BCUT2D eigenvalue weighted by atomic mass is 19.1. The van der Waals surface area contributed by atoms with Gasteiger partial charge in [0.2, 0.25) is 0 Å². The van der Waals surface area contributed by atoms with E-state index in [9.17, 15) is 9.59 Å². The van der Waals surface area contributed by atoms with Crippen LogP contribution in [-0.2, 0) is 16.0 Å². The van der Waals surface area contributed by atoms with Crippen LogP contribution in [0.15, 0.2) is 66.9 Å². The normalized spacial score (nSPS) is 14.8. The Morgan fingerprint density at radius 2 is 1.78 bits per heavy atom. The Morgan fingerprint density at radius 3 is 2.49 bits per heavy atom. The van der Waals surface area contributed by atoms with Gasteiger partial charge in [-0.05, 0) is 48.4 Å². The van der Waals surface area contributed by atoms with Gasteiger partial charge in [0.15, 0.2) is 23.1 Å². The number of hydrogen-bond donors (Lipinski definition) is 1. The zero-order valence-corrected chi connectivity index (χ0v) is 23.1. The lowest BCUT2D eigenvalue weighted by Gasteiger charge is -2.39. The minimum atomic E-state index is -1.12. The van der Waals surface area contributed by atoms with Gasteiger partial charge in [-0.3, -0.25) is 19.5 Å². The third kappa shape index (κ3) is 5.51. The Morgan fingerprint density at radius 1 is 1.02 bits per heavy atom. The summed E-state index contributed by atoms with van der Waals surface area (Å²) in [7, 11) is 3.05. The van der Waals surface area contributed by atoms with Crippen molar-refractivity contribution in [2.75, 3.05) is 38.8 Å². The summed E-state index contributed by atoms with van der Waals surface area (Å²) in [5, 5.41) is 0.592. The Hall–Kier alpha value is -4.70. The van der Waals surface area contributed by atoms with Crippen molar-refractivity contribution in [3.8, 4) is 23.0 Å². The molecule has 0 spiro atoms. The molecule has 1 aliphatic heterocycles. The van der Waals surface area contributed by atoms with Crippen molar-refractivity contribution < 1.29 is 28.2 Å². The van der Waals surface area contributed by atoms with Gasteiger partial charge in [-0.15, -0.1) is 0 Å². The maximum atomic E-state index is 15.5. The third-order valence-corrected chi connectivity index (χ3v) is 7.39. The number of carbonyl (C=O) groups excluding carboxylic acids is 2. The molecule has 1 unspecified atom stereocenters. The highest BCUT2D eigenvalue weighted by Gasteiger charge is 2.32. The first-order chi connectivity index (χ1) is 19.8. The number of aromatic nitrogens is 1. The lowest BCUT2D eigenvalue weighted by atomic mass is 9.92. The van der Waals surface area contributed by atoms with Crippen LogP contribution in [0.3, 0.4) is 0 Å². The largest absolute Gasteiger partial charge is 0.493 e. The highest BCUT2D eigenvalue weighted by molar-refractivity contribution is 6.39. The Labute approximate surface area is 237 Å². The number of likely N-dealkylation sites (N-methyl/N-ethyl adjacent to an activating group) is 1. The molecular weight excluding hydrogens is 527 g/mol. The number of fused-ring (bicyclic) bond motifs is 2. The maximum absolute atomic E-state index is 15.5. The van der Waals surface area contributed by atoms with E-state index in [-0.39, 0.29) is 24.0 Å². The minimum absolute atomic E-state index is 0.0688. The van der Waals surface area contributed by atoms with Crippen molar-refractivity contribution in [1.82, 2.24) is 9.88 Å². The molecule has 1 aromatic heterocycles. The number of nitrogens with zero attached hydrogens (tertiary/aromatic N) is 3. The van der Waals surface area contributed by atoms with Crippen LogP contribution in [0.1, 0.15) is 24.1 Å². The molecule has 1 atom stereocenters. The van der Waals surface area contributed by atoms with E-state index < -0.39 is 17.6 Å². The first-order valence-electron chi connectivity index (χ1n) is 13.3. The van der Waals surface area contributed by atoms with Gasteiger partial charge in [0.25, 0.3) is 0 Å². The number of nitrogens with two attached hydrogens (primary N) is 1. The molecule has 9 nitrogen and oxygen atoms in total. The number of hydrogen-bond acceptors (Lipinski definition) is 7. The summed E-state index contributed by atoms with van der Waals surface area (Å²) in [5.74, 6) is -1.50. The molecule has 2 heterocycles. The molecule has 0 saturated heterocycles. The number of amides is 2. The van der Waals surface area contributed by atoms with Gasteiger partial charge in [0, 0.05) is 42.5 Å². The fourth-order valence-electron chi connectivity index (χ4n) is 5.30. The second kappa shape index (κ2) is 11.8. The fraction of sp³-hybridized carbons (Fsp3) is 0.258. The van der Waals surface area contributed by atoms with E-state index in [0.717, 1.165) is 25.1 Å². The summed E-state index contributed by atoms with van der Waals surface area (Å²) >= 11 is 0. The number of halogens is 1. The van der Waals surface area contributed by atoms with E-state index in [4.69, 9.17) is 19.9 Å². The van der Waals surface area contributed by atoms with Crippen LogP contribution >= 0.6 is 0 Å². The van der Waals surface area contributed by atoms with Crippen LogP contribution in [0.2, 0.25) is 0 Å². The van der Waals surface area contributed by atoms with E-state index in [1.54, 1.807) is 24.4 Å². The number of anilines is 1. The van der Waals surface area contributed by atoms with Gasteiger partial charge in [-0.2, -0.15) is 0 Å². The van der Waals surface area contributed by atoms with E-state index in [1.165, 1.54) is 42.9 Å². The van der Waals surface area contributed by atoms with Gasteiger partial charge in [-0.25, -0.2) is 4.39 Å². The van der Waals surface area contributed by atoms with Crippen LogP contribution in [-0.4, -0.2) is 55.6 Å². The lowest BCUT2D eigenvalue weighted by Crippen LogP contribution is -2.47. The molecule has 41 heavy (non-hydrogen) atoms. The SMILES string of the molecule is CCN1CCc2ccccc2C1CN(C(=O)C(N)=O)c1ccc(Oc2ccnc3cc(OC)c(OC)cc23)c(F)c1. The molecule has 2 amide bonds. The summed E-state index contributed by atoms with van der Waals surface area (Å²) in [6.45, 7) is 3.72. The first-order valence-corrected chi connectivity index (χ1v) is 13.3. The zero-order chi connectivity index (χ0) is 29.1. The van der Waals surface area contributed by atoms with Crippen LogP contribution in [0.5, 0.6) is 23.0 Å². The van der Waals surface area contributed by atoms with E-state index in [2.05, 4.69) is 16.0 Å². The van der Waals surface area contributed by atoms with Crippen molar-refractivity contribution in [1.29, 1.82) is 0 Å². The number of ether oxygens (including phenoxy) is 3. The van der Waals surface area contributed by atoms with Crippen molar-refractivity contribution in [2.24, 2.45) is 5.73 Å². The highest BCUT2D eigenvalue weighted by Crippen LogP contribution is 2.38. The average Bonchev–Trinajstić information content (AvgIpc) is 2.99. The molecule has 5 rings (SSSR count). The van der Waals surface area contributed by atoms with Crippen molar-refractivity contribution in [2.45, 2.75) is 19.4 Å². The Bertz CT molecular complexity index is 1610. The second-order valence-electron chi connectivity index (χ2n) is 9.62. The maximum Gasteiger partial charge on any atom is 0.316 e. The Balaban J connectivity index is 1.48. The van der Waals surface area contributed by atoms with Crippen LogP contribution in [0.25, 0.3) is 10.9 Å². The molecule has 0 saturated carbocycles. The van der Waals surface area contributed by atoms with E-state index in [1.807, 2.05) is 25.1 Å². The molecule has 4 aromatic rings. The number of pyridine rings is 1. The van der Waals surface area contributed by atoms with Gasteiger partial charge in [-0.1, -0.05) is 31.2 Å². The topological polar surface area (TPSA) is 107 Å². The number of carbonyl (C=O) groups is 2. The van der Waals surface area contributed by atoms with Gasteiger partial charge in [0.05, 0.1) is 25.8 Å². The minimum Gasteiger partial charge on any atom is -0.493 e. The van der Waals surface area contributed by atoms with Crippen molar-refractivity contribution in [3.05, 3.63) is 83.8 Å². The predicted molar refractivity (Wildman–Crippen MR) is 153 cm³/mol. The molecule has 0 fully saturated rings. The van der Waals surface area contributed by atoms with Crippen LogP contribution in [0, 0.1) is 5.82 Å². The Kier molecular flexibility index (Phi) is 8.02. The summed E-state index contributed by atoms with van der Waals surface area (Å²) < 4.78 is 32.2. The van der Waals surface area contributed by atoms with Crippen LogP contribution < -0.4 is 24.8 Å². The molecule has 2 N–H and O–H groups in total. The second-order valence-corrected chi connectivity index (χ2v) is 9.62. The molecule has 0 bridgehead atoms. The fourth-order valence-corrected chi connectivity index (χ4v) is 5.30. The van der Waals surface area contributed by atoms with Gasteiger partial charge < -0.3 is 24.8 Å². The summed E-state index contributed by atoms with van der Waals surface area (Å²) in [6, 6.07) is 17.0. The number of primary amides is 1.